The number of imidazole rings is 1. The summed E-state index contributed by atoms with van der Waals surface area (Å²) in [6.45, 7) is -1.38. The van der Waals surface area contributed by atoms with Gasteiger partial charge in [0.05, 0.1) is 31.8 Å². The number of aromatic amines is 2. The first-order valence-corrected chi connectivity index (χ1v) is 13.5. The van der Waals surface area contributed by atoms with Crippen molar-refractivity contribution in [3.8, 4) is 0 Å². The highest BCUT2D eigenvalue weighted by molar-refractivity contribution is 7.71. The second-order valence-corrected chi connectivity index (χ2v) is 10.8. The van der Waals surface area contributed by atoms with Crippen molar-refractivity contribution in [1.82, 2.24) is 29.1 Å². The van der Waals surface area contributed by atoms with E-state index in [0.29, 0.717) is 21.9 Å². The molecule has 18 nitrogen and oxygen atoms in total. The number of anilines is 1. The second-order valence-electron chi connectivity index (χ2n) is 8.96. The van der Waals surface area contributed by atoms with Crippen molar-refractivity contribution >= 4 is 37.2 Å². The standard InChI is InChI=1S/C19H23FN7O11PS/c20-6-2-26(19(32)24-15(6)31)17-13(30)12(29)9(38-17)4-36-39(33,34)35-3-8-7(28)1-10(37-8)27-5-22-11-14(27)23-18(21)25-16(11)40/h2,5,7-10,12-13,17,28-30H,1,3-4H2,(H,33,34)(H,24,31,32)(H3,21,23,25,40)/t7?,8-,9-,10-,12+,13+,17-/m1/s1. The predicted molar refractivity (Wildman–Crippen MR) is 131 cm³/mol. The van der Waals surface area contributed by atoms with Gasteiger partial charge in [0.25, 0.3) is 5.56 Å². The molecule has 2 unspecified atom stereocenters. The molecule has 218 valence electrons. The van der Waals surface area contributed by atoms with Gasteiger partial charge in [-0.25, -0.2) is 19.3 Å². The number of H-pyrrole nitrogens is 2. The molecule has 0 radical (unpaired) electrons. The Hall–Kier alpha value is -2.91. The van der Waals surface area contributed by atoms with Crippen molar-refractivity contribution in [1.29, 1.82) is 0 Å². The summed E-state index contributed by atoms with van der Waals surface area (Å²) < 4.78 is 49.1. The van der Waals surface area contributed by atoms with Crippen molar-refractivity contribution in [3.63, 3.8) is 0 Å². The van der Waals surface area contributed by atoms with Crippen molar-refractivity contribution < 1.29 is 47.7 Å². The van der Waals surface area contributed by atoms with E-state index in [9.17, 15) is 38.8 Å². The molecule has 3 aromatic heterocycles. The number of aliphatic hydroxyl groups is 3. The van der Waals surface area contributed by atoms with Crippen LogP contribution in [0.3, 0.4) is 0 Å². The summed E-state index contributed by atoms with van der Waals surface area (Å²) in [4.78, 5) is 45.9. The van der Waals surface area contributed by atoms with Gasteiger partial charge in [0, 0.05) is 6.42 Å². The number of ether oxygens (including phenoxy) is 2. The van der Waals surface area contributed by atoms with Crippen LogP contribution in [-0.2, 0) is 23.1 Å². The van der Waals surface area contributed by atoms with E-state index >= 15 is 0 Å². The minimum Gasteiger partial charge on any atom is -0.390 e. The molecule has 0 saturated carbocycles. The van der Waals surface area contributed by atoms with Crippen LogP contribution in [0.2, 0.25) is 0 Å². The van der Waals surface area contributed by atoms with Crippen LogP contribution in [0.15, 0.2) is 22.1 Å². The number of hydrogen-bond acceptors (Lipinski definition) is 14. The number of aromatic nitrogens is 6. The lowest BCUT2D eigenvalue weighted by molar-refractivity contribution is -0.0614. The average molecular weight is 607 g/mol. The zero-order chi connectivity index (χ0) is 28.9. The summed E-state index contributed by atoms with van der Waals surface area (Å²) in [5.74, 6) is -1.30. The lowest BCUT2D eigenvalue weighted by atomic mass is 10.1. The maximum absolute atomic E-state index is 13.6. The number of aliphatic hydroxyl groups excluding tert-OH is 3. The van der Waals surface area contributed by atoms with Crippen LogP contribution in [0.25, 0.3) is 11.2 Å². The average Bonchev–Trinajstić information content (AvgIpc) is 3.55. The van der Waals surface area contributed by atoms with Gasteiger partial charge in [0.2, 0.25) is 5.82 Å². The van der Waals surface area contributed by atoms with Crippen molar-refractivity contribution in [2.75, 3.05) is 18.9 Å². The third-order valence-electron chi connectivity index (χ3n) is 6.32. The van der Waals surface area contributed by atoms with Crippen molar-refractivity contribution in [3.05, 3.63) is 43.8 Å². The van der Waals surface area contributed by atoms with E-state index in [2.05, 4.69) is 15.0 Å². The van der Waals surface area contributed by atoms with Crippen LogP contribution in [0.4, 0.5) is 10.3 Å². The fourth-order valence-electron chi connectivity index (χ4n) is 4.33. The van der Waals surface area contributed by atoms with E-state index in [1.807, 2.05) is 0 Å². The summed E-state index contributed by atoms with van der Waals surface area (Å²) in [5, 5.41) is 30.9. The zero-order valence-electron chi connectivity index (χ0n) is 20.1. The molecule has 2 fully saturated rings. The first-order chi connectivity index (χ1) is 18.8. The zero-order valence-corrected chi connectivity index (χ0v) is 21.8. The summed E-state index contributed by atoms with van der Waals surface area (Å²) >= 11 is 5.13. The van der Waals surface area contributed by atoms with E-state index < -0.39 is 81.1 Å². The van der Waals surface area contributed by atoms with Crippen molar-refractivity contribution in [2.45, 2.75) is 49.4 Å². The number of phosphoric ester groups is 1. The molecule has 0 bridgehead atoms. The number of nitrogens with two attached hydrogens (primary N) is 1. The number of rotatable bonds is 8. The smallest absolute Gasteiger partial charge is 0.390 e. The number of nitrogens with zero attached hydrogens (tertiary/aromatic N) is 4. The first kappa shape index (κ1) is 28.6. The van der Waals surface area contributed by atoms with E-state index in [-0.39, 0.29) is 17.0 Å². The summed E-state index contributed by atoms with van der Waals surface area (Å²) in [6.07, 6.45) is -7.59. The van der Waals surface area contributed by atoms with E-state index in [1.54, 1.807) is 4.98 Å². The van der Waals surface area contributed by atoms with Gasteiger partial charge in [-0.05, 0) is 0 Å². The van der Waals surface area contributed by atoms with Crippen LogP contribution in [0, 0.1) is 10.5 Å². The molecule has 0 amide bonds. The lowest BCUT2D eigenvalue weighted by Gasteiger charge is -2.20. The fraction of sp³-hybridized carbons (Fsp3) is 0.526. The highest BCUT2D eigenvalue weighted by Crippen LogP contribution is 2.45. The SMILES string of the molecule is Nc1nc(=S)c2ncn([C@H]3CC(O)[C@@H](COP(=O)(O)OC[C@H]4O[C@@H](n5cc(F)c(=O)[nH]c5=O)[C@@H](O)[C@H]4O)O3)c2[nH]1. The van der Waals surface area contributed by atoms with Gasteiger partial charge in [-0.15, -0.1) is 0 Å². The van der Waals surface area contributed by atoms with Crippen molar-refractivity contribution in [2.24, 2.45) is 0 Å². The molecule has 40 heavy (non-hydrogen) atoms. The van der Waals surface area contributed by atoms with Crippen LogP contribution in [0.1, 0.15) is 18.9 Å². The van der Waals surface area contributed by atoms with Gasteiger partial charge in [0.1, 0.15) is 41.8 Å². The number of hydrogen-bond donors (Lipinski definition) is 7. The maximum Gasteiger partial charge on any atom is 0.472 e. The fourth-order valence-corrected chi connectivity index (χ4v) is 5.32. The Labute approximate surface area is 226 Å². The summed E-state index contributed by atoms with van der Waals surface area (Å²) in [5.41, 5.74) is 4.04. The van der Waals surface area contributed by atoms with E-state index in [1.165, 1.54) is 10.9 Å². The molecule has 8 N–H and O–H groups in total. The minimum absolute atomic E-state index is 0.0455. The Bertz CT molecular complexity index is 1640. The highest BCUT2D eigenvalue weighted by atomic mass is 32.1. The molecule has 0 spiro atoms. The first-order valence-electron chi connectivity index (χ1n) is 11.5. The lowest BCUT2D eigenvalue weighted by Crippen LogP contribution is -2.38. The molecule has 2 aliphatic rings. The highest BCUT2D eigenvalue weighted by Gasteiger charge is 2.45. The van der Waals surface area contributed by atoms with Gasteiger partial charge in [-0.2, -0.15) is 4.39 Å². The molecule has 3 aromatic rings. The normalized spacial score (nSPS) is 30.2. The van der Waals surface area contributed by atoms with Gasteiger partial charge in [-0.1, -0.05) is 12.2 Å². The van der Waals surface area contributed by atoms with Crippen LogP contribution < -0.4 is 17.0 Å². The number of phosphoric acid groups is 1. The molecule has 5 rings (SSSR count). The van der Waals surface area contributed by atoms with Gasteiger partial charge < -0.3 is 40.4 Å². The number of halogens is 1. The Morgan fingerprint density at radius 3 is 2.58 bits per heavy atom. The molecule has 0 aromatic carbocycles. The quantitative estimate of drug-likeness (QED) is 0.110. The van der Waals surface area contributed by atoms with Gasteiger partial charge in [0.15, 0.2) is 16.8 Å². The number of fused-ring (bicyclic) bond motifs is 1. The molecule has 2 aliphatic heterocycles. The second kappa shape index (κ2) is 10.8. The van der Waals surface area contributed by atoms with E-state index in [4.69, 9.17) is 36.5 Å². The molecule has 5 heterocycles. The Morgan fingerprint density at radius 1 is 1.15 bits per heavy atom. The Kier molecular flexibility index (Phi) is 7.74. The summed E-state index contributed by atoms with van der Waals surface area (Å²) in [6, 6.07) is 0. The third kappa shape index (κ3) is 5.50. The summed E-state index contributed by atoms with van der Waals surface area (Å²) in [7, 11) is -4.82. The minimum atomic E-state index is -4.82. The topological polar surface area (TPSA) is 262 Å². The molecular formula is C19H23FN7O11PS. The third-order valence-corrected chi connectivity index (χ3v) is 7.55. The molecule has 21 heteroatoms. The molecule has 2 saturated heterocycles. The largest absolute Gasteiger partial charge is 0.472 e. The van der Waals surface area contributed by atoms with Crippen LogP contribution in [-0.4, -0.2) is 93.0 Å². The Balaban J connectivity index is 1.18. The van der Waals surface area contributed by atoms with Gasteiger partial charge in [-0.3, -0.25) is 28.0 Å². The molecular weight excluding hydrogens is 584 g/mol. The monoisotopic (exact) mass is 607 g/mol. The molecule has 0 aliphatic carbocycles. The van der Waals surface area contributed by atoms with Crippen LogP contribution in [0.5, 0.6) is 0 Å². The molecule has 8 atom stereocenters. The number of nitrogens with one attached hydrogen (secondary N) is 2. The Morgan fingerprint density at radius 2 is 1.85 bits per heavy atom. The maximum atomic E-state index is 13.6. The van der Waals surface area contributed by atoms with Crippen LogP contribution >= 0.6 is 20.0 Å². The van der Waals surface area contributed by atoms with E-state index in [0.717, 1.165) is 0 Å². The van der Waals surface area contributed by atoms with Gasteiger partial charge >= 0.3 is 13.5 Å². The predicted octanol–water partition coefficient (Wildman–Crippen LogP) is -1.84. The number of nitrogen functional groups attached to an aromatic ring is 1.